The van der Waals surface area contributed by atoms with Gasteiger partial charge in [-0.1, -0.05) is 11.2 Å². The van der Waals surface area contributed by atoms with Crippen LogP contribution in [-0.2, 0) is 6.61 Å². The molecule has 4 nitrogen and oxygen atoms in total. The second kappa shape index (κ2) is 5.23. The largest absolute Gasteiger partial charge is 0.487 e. The van der Waals surface area contributed by atoms with E-state index in [2.05, 4.69) is 5.16 Å². The lowest BCUT2D eigenvalue weighted by molar-refractivity contribution is 0.199. The van der Waals surface area contributed by atoms with Gasteiger partial charge in [0.05, 0.1) is 6.10 Å². The Morgan fingerprint density at radius 2 is 2.11 bits per heavy atom. The number of ether oxygens (including phenoxy) is 1. The molecule has 0 saturated carbocycles. The van der Waals surface area contributed by atoms with Gasteiger partial charge in [-0.15, -0.1) is 0 Å². The quantitative estimate of drug-likeness (QED) is 0.902. The summed E-state index contributed by atoms with van der Waals surface area (Å²) < 4.78 is 10.6. The van der Waals surface area contributed by atoms with Crippen molar-refractivity contribution in [3.05, 3.63) is 46.8 Å². The maximum atomic E-state index is 9.49. The van der Waals surface area contributed by atoms with Crippen molar-refractivity contribution >= 4 is 0 Å². The van der Waals surface area contributed by atoms with E-state index in [-0.39, 0.29) is 0 Å². The van der Waals surface area contributed by atoms with Crippen LogP contribution in [0.15, 0.2) is 28.8 Å². The van der Waals surface area contributed by atoms with Crippen LogP contribution in [0.2, 0.25) is 0 Å². The normalized spacial score (nSPS) is 12.4. The Bertz CT molecular complexity index is 532. The van der Waals surface area contributed by atoms with E-state index in [1.165, 1.54) is 0 Å². The van der Waals surface area contributed by atoms with Crippen LogP contribution in [0.4, 0.5) is 0 Å². The molecular formula is C14H17NO3. The molecule has 0 aliphatic rings. The Morgan fingerprint density at radius 3 is 2.67 bits per heavy atom. The van der Waals surface area contributed by atoms with Crippen LogP contribution in [0, 0.1) is 13.8 Å². The first-order chi connectivity index (χ1) is 8.56. The zero-order chi connectivity index (χ0) is 13.1. The van der Waals surface area contributed by atoms with Crippen molar-refractivity contribution in [2.45, 2.75) is 33.5 Å². The topological polar surface area (TPSA) is 55.5 Å². The van der Waals surface area contributed by atoms with Crippen molar-refractivity contribution in [2.24, 2.45) is 0 Å². The molecule has 0 saturated heterocycles. The maximum Gasteiger partial charge on any atom is 0.134 e. The van der Waals surface area contributed by atoms with Crippen LogP contribution in [0.5, 0.6) is 5.75 Å². The first kappa shape index (κ1) is 12.6. The number of aliphatic hydroxyl groups is 1. The van der Waals surface area contributed by atoms with E-state index in [0.717, 1.165) is 28.3 Å². The zero-order valence-electron chi connectivity index (χ0n) is 10.8. The lowest BCUT2D eigenvalue weighted by atomic mass is 10.1. The van der Waals surface area contributed by atoms with E-state index >= 15 is 0 Å². The molecule has 1 aromatic carbocycles. The number of benzene rings is 1. The average Bonchev–Trinajstić information content (AvgIpc) is 2.73. The number of aliphatic hydroxyl groups excluding tert-OH is 1. The predicted molar refractivity (Wildman–Crippen MR) is 67.4 cm³/mol. The summed E-state index contributed by atoms with van der Waals surface area (Å²) >= 11 is 0. The average molecular weight is 247 g/mol. The van der Waals surface area contributed by atoms with Gasteiger partial charge in [0.15, 0.2) is 0 Å². The van der Waals surface area contributed by atoms with Crippen LogP contribution in [0.1, 0.15) is 35.6 Å². The lowest BCUT2D eigenvalue weighted by Crippen LogP contribution is -1.99. The molecule has 0 fully saturated rings. The van der Waals surface area contributed by atoms with Crippen LogP contribution in [0.3, 0.4) is 0 Å². The van der Waals surface area contributed by atoms with Gasteiger partial charge in [-0.3, -0.25) is 0 Å². The van der Waals surface area contributed by atoms with Crippen molar-refractivity contribution in [1.29, 1.82) is 0 Å². The van der Waals surface area contributed by atoms with Gasteiger partial charge in [-0.05, 0) is 44.0 Å². The van der Waals surface area contributed by atoms with Crippen molar-refractivity contribution < 1.29 is 14.4 Å². The summed E-state index contributed by atoms with van der Waals surface area (Å²) in [5, 5.41) is 13.4. The van der Waals surface area contributed by atoms with Crippen LogP contribution in [0.25, 0.3) is 0 Å². The predicted octanol–water partition coefficient (Wildman–Crippen LogP) is 2.92. The van der Waals surface area contributed by atoms with E-state index in [0.29, 0.717) is 6.61 Å². The second-order valence-corrected chi connectivity index (χ2v) is 4.42. The Morgan fingerprint density at radius 1 is 1.33 bits per heavy atom. The van der Waals surface area contributed by atoms with Gasteiger partial charge < -0.3 is 14.4 Å². The van der Waals surface area contributed by atoms with Crippen molar-refractivity contribution in [1.82, 2.24) is 5.16 Å². The van der Waals surface area contributed by atoms with E-state index in [4.69, 9.17) is 9.26 Å². The van der Waals surface area contributed by atoms with Gasteiger partial charge in [-0.2, -0.15) is 0 Å². The summed E-state index contributed by atoms with van der Waals surface area (Å²) in [6, 6.07) is 7.50. The third kappa shape index (κ3) is 2.90. The summed E-state index contributed by atoms with van der Waals surface area (Å²) in [4.78, 5) is 0. The fourth-order valence-electron chi connectivity index (χ4n) is 1.73. The molecule has 0 aliphatic heterocycles. The van der Waals surface area contributed by atoms with E-state index in [1.807, 2.05) is 38.1 Å². The molecule has 18 heavy (non-hydrogen) atoms. The molecule has 0 bridgehead atoms. The molecule has 96 valence electrons. The van der Waals surface area contributed by atoms with Crippen LogP contribution >= 0.6 is 0 Å². The molecule has 0 radical (unpaired) electrons. The molecule has 1 atom stereocenters. The molecule has 1 heterocycles. The molecule has 0 aliphatic carbocycles. The smallest absolute Gasteiger partial charge is 0.134 e. The van der Waals surface area contributed by atoms with Crippen LogP contribution < -0.4 is 4.74 Å². The maximum absolute atomic E-state index is 9.49. The third-order valence-electron chi connectivity index (χ3n) is 2.73. The number of hydrogen-bond donors (Lipinski definition) is 1. The van der Waals surface area contributed by atoms with Gasteiger partial charge in [0.25, 0.3) is 0 Å². The molecule has 0 amide bonds. The van der Waals surface area contributed by atoms with Gasteiger partial charge >= 0.3 is 0 Å². The highest BCUT2D eigenvalue weighted by Gasteiger charge is 2.06. The summed E-state index contributed by atoms with van der Waals surface area (Å²) in [7, 11) is 0. The number of aromatic nitrogens is 1. The van der Waals surface area contributed by atoms with Crippen molar-refractivity contribution in [3.63, 3.8) is 0 Å². The van der Waals surface area contributed by atoms with Gasteiger partial charge in [0.2, 0.25) is 0 Å². The van der Waals surface area contributed by atoms with E-state index in [1.54, 1.807) is 6.92 Å². The van der Waals surface area contributed by atoms with Crippen molar-refractivity contribution in [2.75, 3.05) is 0 Å². The standard InChI is InChI=1S/C14H17NO3/c1-9-6-12(11(3)16)4-5-14(9)17-8-13-7-10(2)18-15-13/h4-7,11,16H,8H2,1-3H3/t11-/m1/s1. The van der Waals surface area contributed by atoms with E-state index < -0.39 is 6.10 Å². The molecule has 1 aromatic heterocycles. The van der Waals surface area contributed by atoms with E-state index in [9.17, 15) is 5.11 Å². The molecule has 2 aromatic rings. The molecular weight excluding hydrogens is 230 g/mol. The molecule has 2 rings (SSSR count). The SMILES string of the molecule is Cc1cc(COc2ccc([C@@H](C)O)cc2C)no1. The Labute approximate surface area is 106 Å². The van der Waals surface area contributed by atoms with Gasteiger partial charge in [-0.25, -0.2) is 0 Å². The third-order valence-corrected chi connectivity index (χ3v) is 2.73. The summed E-state index contributed by atoms with van der Waals surface area (Å²) in [5.41, 5.74) is 2.65. The van der Waals surface area contributed by atoms with Gasteiger partial charge in [0.1, 0.15) is 23.8 Å². The highest BCUT2D eigenvalue weighted by molar-refractivity contribution is 5.37. The molecule has 0 spiro atoms. The highest BCUT2D eigenvalue weighted by Crippen LogP contribution is 2.23. The number of hydrogen-bond acceptors (Lipinski definition) is 4. The summed E-state index contributed by atoms with van der Waals surface area (Å²) in [6.07, 6.45) is -0.462. The monoisotopic (exact) mass is 247 g/mol. The fourth-order valence-corrected chi connectivity index (χ4v) is 1.73. The lowest BCUT2D eigenvalue weighted by Gasteiger charge is -2.10. The highest BCUT2D eigenvalue weighted by atomic mass is 16.5. The zero-order valence-corrected chi connectivity index (χ0v) is 10.8. The first-order valence-electron chi connectivity index (χ1n) is 5.90. The van der Waals surface area contributed by atoms with Crippen LogP contribution in [-0.4, -0.2) is 10.3 Å². The Kier molecular flexibility index (Phi) is 3.67. The minimum Gasteiger partial charge on any atom is -0.487 e. The Hall–Kier alpha value is -1.81. The number of aryl methyl sites for hydroxylation is 2. The Balaban J connectivity index is 2.05. The fraction of sp³-hybridized carbons (Fsp3) is 0.357. The molecule has 4 heteroatoms. The molecule has 1 N–H and O–H groups in total. The number of rotatable bonds is 4. The number of nitrogens with zero attached hydrogens (tertiary/aromatic N) is 1. The minimum atomic E-state index is -0.462. The summed E-state index contributed by atoms with van der Waals surface area (Å²) in [5.74, 6) is 1.56. The minimum absolute atomic E-state index is 0.381. The first-order valence-corrected chi connectivity index (χ1v) is 5.90. The summed E-state index contributed by atoms with van der Waals surface area (Å²) in [6.45, 7) is 5.92. The van der Waals surface area contributed by atoms with Crippen molar-refractivity contribution in [3.8, 4) is 5.75 Å². The van der Waals surface area contributed by atoms with Gasteiger partial charge in [0, 0.05) is 6.07 Å². The molecule has 0 unspecified atom stereocenters. The second-order valence-electron chi connectivity index (χ2n) is 4.42.